The van der Waals surface area contributed by atoms with Gasteiger partial charge in [-0.2, -0.15) is 0 Å². The highest BCUT2D eigenvalue weighted by atomic mass is 32.2. The minimum absolute atomic E-state index is 0.138. The maximum Gasteiger partial charge on any atom is 0.309 e. The molecule has 0 heterocycles. The van der Waals surface area contributed by atoms with Crippen molar-refractivity contribution in [2.24, 2.45) is 5.92 Å². The Morgan fingerprint density at radius 1 is 1.25 bits per heavy atom. The molecule has 1 aromatic rings. The fourth-order valence-corrected chi connectivity index (χ4v) is 3.14. The number of benzene rings is 1. The summed E-state index contributed by atoms with van der Waals surface area (Å²) in [4.78, 5) is 11.4. The third-order valence-corrected chi connectivity index (χ3v) is 4.67. The summed E-state index contributed by atoms with van der Waals surface area (Å²) < 4.78 is 30.5. The molecule has 1 rings (SSSR count). The first-order valence-corrected chi connectivity index (χ1v) is 7.83. The van der Waals surface area contributed by atoms with Gasteiger partial charge in [-0.25, -0.2) is 12.7 Å². The van der Waals surface area contributed by atoms with Gasteiger partial charge in [0, 0.05) is 13.6 Å². The number of esters is 1. The largest absolute Gasteiger partial charge is 0.469 e. The van der Waals surface area contributed by atoms with Gasteiger partial charge >= 0.3 is 5.97 Å². The standard InChI is InChI=1S/C14H21NO4S/c1-11(2)10-15(3)20(17,18)13-7-5-12(6-8-13)9-14(16)19-4/h5-8,11H,9-10H2,1-4H3. The maximum absolute atomic E-state index is 12.3. The van der Waals surface area contributed by atoms with Gasteiger partial charge in [-0.05, 0) is 23.6 Å². The molecule has 0 amide bonds. The van der Waals surface area contributed by atoms with Crippen LogP contribution in [0.1, 0.15) is 19.4 Å². The lowest BCUT2D eigenvalue weighted by Gasteiger charge is -2.19. The van der Waals surface area contributed by atoms with E-state index in [1.165, 1.54) is 23.5 Å². The molecule has 0 bridgehead atoms. The Balaban J connectivity index is 2.89. The van der Waals surface area contributed by atoms with Gasteiger partial charge in [0.2, 0.25) is 10.0 Å². The summed E-state index contributed by atoms with van der Waals surface area (Å²) in [5, 5.41) is 0. The van der Waals surface area contributed by atoms with Crippen LogP contribution < -0.4 is 0 Å². The lowest BCUT2D eigenvalue weighted by atomic mass is 10.2. The molecule has 1 aromatic carbocycles. The second-order valence-corrected chi connectivity index (χ2v) is 7.12. The first-order valence-electron chi connectivity index (χ1n) is 6.39. The number of carbonyl (C=O) groups excluding carboxylic acids is 1. The van der Waals surface area contributed by atoms with E-state index in [0.717, 1.165) is 5.56 Å². The van der Waals surface area contributed by atoms with E-state index in [1.807, 2.05) is 13.8 Å². The van der Waals surface area contributed by atoms with E-state index in [-0.39, 0.29) is 23.2 Å². The predicted octanol–water partition coefficient (Wildman–Crippen LogP) is 1.68. The van der Waals surface area contributed by atoms with Crippen LogP contribution >= 0.6 is 0 Å². The highest BCUT2D eigenvalue weighted by Gasteiger charge is 2.21. The molecule has 0 aliphatic carbocycles. The van der Waals surface area contributed by atoms with Crippen LogP contribution in [-0.4, -0.2) is 39.4 Å². The van der Waals surface area contributed by atoms with Gasteiger partial charge in [-0.15, -0.1) is 0 Å². The van der Waals surface area contributed by atoms with Crippen molar-refractivity contribution in [2.75, 3.05) is 20.7 Å². The summed E-state index contributed by atoms with van der Waals surface area (Å²) in [6.45, 7) is 4.39. The SMILES string of the molecule is COC(=O)Cc1ccc(S(=O)(=O)N(C)CC(C)C)cc1. The Kier molecular flexibility index (Phi) is 5.71. The number of ether oxygens (including phenoxy) is 1. The van der Waals surface area contributed by atoms with Gasteiger partial charge in [-0.1, -0.05) is 26.0 Å². The highest BCUT2D eigenvalue weighted by molar-refractivity contribution is 7.89. The van der Waals surface area contributed by atoms with Crippen LogP contribution in [0, 0.1) is 5.92 Å². The van der Waals surface area contributed by atoms with E-state index >= 15 is 0 Å². The van der Waals surface area contributed by atoms with Crippen LogP contribution in [0.4, 0.5) is 0 Å². The van der Waals surface area contributed by atoms with E-state index in [2.05, 4.69) is 4.74 Å². The molecule has 0 aliphatic rings. The highest BCUT2D eigenvalue weighted by Crippen LogP contribution is 2.16. The van der Waals surface area contributed by atoms with Gasteiger partial charge in [0.15, 0.2) is 0 Å². The Morgan fingerprint density at radius 3 is 2.25 bits per heavy atom. The van der Waals surface area contributed by atoms with Gasteiger partial charge < -0.3 is 4.74 Å². The molecule has 20 heavy (non-hydrogen) atoms. The van der Waals surface area contributed by atoms with E-state index in [9.17, 15) is 13.2 Å². The third kappa shape index (κ3) is 4.31. The Morgan fingerprint density at radius 2 is 1.80 bits per heavy atom. The molecule has 6 heteroatoms. The van der Waals surface area contributed by atoms with E-state index < -0.39 is 10.0 Å². The van der Waals surface area contributed by atoms with Crippen LogP contribution in [0.25, 0.3) is 0 Å². The first-order chi connectivity index (χ1) is 9.27. The zero-order valence-corrected chi connectivity index (χ0v) is 13.1. The van der Waals surface area contributed by atoms with Gasteiger partial charge in [0.25, 0.3) is 0 Å². The van der Waals surface area contributed by atoms with Crippen molar-refractivity contribution in [3.8, 4) is 0 Å². The normalized spacial score (nSPS) is 11.9. The molecule has 0 saturated heterocycles. The molecule has 0 unspecified atom stereocenters. The number of methoxy groups -OCH3 is 1. The summed E-state index contributed by atoms with van der Waals surface area (Å²) in [5.41, 5.74) is 0.724. The topological polar surface area (TPSA) is 63.7 Å². The van der Waals surface area contributed by atoms with Crippen LogP contribution in [0.2, 0.25) is 0 Å². The fourth-order valence-electron chi connectivity index (χ4n) is 1.81. The predicted molar refractivity (Wildman–Crippen MR) is 76.8 cm³/mol. The van der Waals surface area contributed by atoms with Crippen molar-refractivity contribution < 1.29 is 17.9 Å². The molecule has 0 saturated carbocycles. The smallest absolute Gasteiger partial charge is 0.309 e. The molecule has 0 aromatic heterocycles. The monoisotopic (exact) mass is 299 g/mol. The van der Waals surface area contributed by atoms with Crippen molar-refractivity contribution in [1.82, 2.24) is 4.31 Å². The summed E-state index contributed by atoms with van der Waals surface area (Å²) in [6, 6.07) is 6.30. The van der Waals surface area contributed by atoms with E-state index in [1.54, 1.807) is 19.2 Å². The first kappa shape index (κ1) is 16.7. The lowest BCUT2D eigenvalue weighted by Crippen LogP contribution is -2.30. The van der Waals surface area contributed by atoms with Crippen molar-refractivity contribution in [3.05, 3.63) is 29.8 Å². The molecular weight excluding hydrogens is 278 g/mol. The van der Waals surface area contributed by atoms with Crippen molar-refractivity contribution >= 4 is 16.0 Å². The van der Waals surface area contributed by atoms with Crippen molar-refractivity contribution in [2.45, 2.75) is 25.2 Å². The van der Waals surface area contributed by atoms with Crippen molar-refractivity contribution in [1.29, 1.82) is 0 Å². The number of nitrogens with zero attached hydrogens (tertiary/aromatic N) is 1. The van der Waals surface area contributed by atoms with Crippen LogP contribution in [-0.2, 0) is 26.0 Å². The summed E-state index contributed by atoms with van der Waals surface area (Å²) in [6.07, 6.45) is 0.138. The van der Waals surface area contributed by atoms with Crippen molar-refractivity contribution in [3.63, 3.8) is 0 Å². The second kappa shape index (κ2) is 6.85. The summed E-state index contributed by atoms with van der Waals surface area (Å²) in [5.74, 6) is -0.0918. The van der Waals surface area contributed by atoms with Crippen LogP contribution in [0.3, 0.4) is 0 Å². The lowest BCUT2D eigenvalue weighted by molar-refractivity contribution is -0.139. The molecule has 0 atom stereocenters. The zero-order valence-electron chi connectivity index (χ0n) is 12.3. The number of sulfonamides is 1. The zero-order chi connectivity index (χ0) is 15.3. The molecule has 0 aliphatic heterocycles. The number of hydrogen-bond donors (Lipinski definition) is 0. The molecule has 5 nitrogen and oxygen atoms in total. The average molecular weight is 299 g/mol. The number of carbonyl (C=O) groups is 1. The molecule has 0 radical (unpaired) electrons. The Labute approximate surface area is 120 Å². The minimum Gasteiger partial charge on any atom is -0.469 e. The summed E-state index contributed by atoms with van der Waals surface area (Å²) >= 11 is 0. The van der Waals surface area contributed by atoms with E-state index in [0.29, 0.717) is 6.54 Å². The van der Waals surface area contributed by atoms with Gasteiger partial charge in [0.1, 0.15) is 0 Å². The fraction of sp³-hybridized carbons (Fsp3) is 0.500. The van der Waals surface area contributed by atoms with Gasteiger partial charge in [-0.3, -0.25) is 4.79 Å². The second-order valence-electron chi connectivity index (χ2n) is 5.08. The van der Waals surface area contributed by atoms with Gasteiger partial charge in [0.05, 0.1) is 18.4 Å². The maximum atomic E-state index is 12.3. The molecule has 0 spiro atoms. The molecular formula is C14H21NO4S. The third-order valence-electron chi connectivity index (χ3n) is 2.83. The molecule has 0 fully saturated rings. The quantitative estimate of drug-likeness (QED) is 0.750. The number of hydrogen-bond acceptors (Lipinski definition) is 4. The average Bonchev–Trinajstić information content (AvgIpc) is 2.38. The summed E-state index contributed by atoms with van der Waals surface area (Å²) in [7, 11) is -0.579. The number of rotatable bonds is 6. The minimum atomic E-state index is -3.47. The molecule has 0 N–H and O–H groups in total. The van der Waals surface area contributed by atoms with Crippen LogP contribution in [0.15, 0.2) is 29.2 Å². The Hall–Kier alpha value is -1.40. The van der Waals surface area contributed by atoms with E-state index in [4.69, 9.17) is 0 Å². The molecule has 112 valence electrons. The Bertz CT molecular complexity index is 549. The van der Waals surface area contributed by atoms with Crippen LogP contribution in [0.5, 0.6) is 0 Å².